The average molecular weight is 310 g/mol. The Labute approximate surface area is 96.1 Å². The van der Waals surface area contributed by atoms with E-state index in [2.05, 4.69) is 24.5 Å². The minimum absolute atomic E-state index is 0.0317. The highest BCUT2D eigenvalue weighted by Crippen LogP contribution is 2.01. The van der Waals surface area contributed by atoms with Crippen molar-refractivity contribution in [2.45, 2.75) is 13.5 Å². The fourth-order valence-corrected chi connectivity index (χ4v) is 1.53. The third-order valence-electron chi connectivity index (χ3n) is 1.68. The highest BCUT2D eigenvalue weighted by molar-refractivity contribution is 14.1. The summed E-state index contributed by atoms with van der Waals surface area (Å²) in [6, 6.07) is 0. The van der Waals surface area contributed by atoms with Gasteiger partial charge < -0.3 is 0 Å². The summed E-state index contributed by atoms with van der Waals surface area (Å²) in [5.41, 5.74) is 0.0317. The van der Waals surface area contributed by atoms with Gasteiger partial charge in [-0.25, -0.2) is 4.98 Å². The maximum atomic E-state index is 11.5. The first-order valence-electron chi connectivity index (χ1n) is 3.96. The lowest BCUT2D eigenvalue weighted by Gasteiger charge is -2.09. The lowest BCUT2D eigenvalue weighted by Crippen LogP contribution is -2.25. The molecule has 0 bridgehead atoms. The molecule has 0 aromatic carbocycles. The van der Waals surface area contributed by atoms with Gasteiger partial charge in [0.15, 0.2) is 0 Å². The first-order valence-corrected chi connectivity index (χ1v) is 5.67. The van der Waals surface area contributed by atoms with Gasteiger partial charge in [0.25, 0.3) is 5.56 Å². The summed E-state index contributed by atoms with van der Waals surface area (Å²) in [6.45, 7) is 2.74. The number of hydrogen-bond acceptors (Lipinski definition) is 3. The zero-order chi connectivity index (χ0) is 9.84. The van der Waals surface area contributed by atoms with Crippen molar-refractivity contribution in [3.63, 3.8) is 0 Å². The highest BCUT2D eigenvalue weighted by atomic mass is 127. The molecule has 1 rings (SSSR count). The minimum atomic E-state index is 0.0317. The summed E-state index contributed by atoms with van der Waals surface area (Å²) in [7, 11) is 0. The van der Waals surface area contributed by atoms with Gasteiger partial charge in [-0.15, -0.1) is 0 Å². The SMILES string of the molecule is CC(CS)Cn1cncc(I)c1=O. The minimum Gasteiger partial charge on any atom is -0.298 e. The normalized spacial score (nSPS) is 12.8. The van der Waals surface area contributed by atoms with Crippen molar-refractivity contribution in [1.82, 2.24) is 9.55 Å². The molecule has 0 aliphatic rings. The van der Waals surface area contributed by atoms with Gasteiger partial charge in [-0.2, -0.15) is 12.6 Å². The molecule has 1 aromatic rings. The van der Waals surface area contributed by atoms with Crippen LogP contribution in [0.25, 0.3) is 0 Å². The van der Waals surface area contributed by atoms with Gasteiger partial charge in [-0.1, -0.05) is 6.92 Å². The lowest BCUT2D eigenvalue weighted by atomic mass is 10.2. The molecule has 1 unspecified atom stereocenters. The molecular weight excluding hydrogens is 299 g/mol. The molecule has 0 spiro atoms. The van der Waals surface area contributed by atoms with Crippen LogP contribution in [-0.4, -0.2) is 15.3 Å². The zero-order valence-electron chi connectivity index (χ0n) is 7.27. The molecular formula is C8H11IN2OS. The number of thiol groups is 1. The predicted molar refractivity (Wildman–Crippen MR) is 64.2 cm³/mol. The van der Waals surface area contributed by atoms with Gasteiger partial charge >= 0.3 is 0 Å². The van der Waals surface area contributed by atoms with Crippen molar-refractivity contribution in [1.29, 1.82) is 0 Å². The molecule has 1 atom stereocenters. The number of rotatable bonds is 3. The van der Waals surface area contributed by atoms with Crippen LogP contribution in [0.2, 0.25) is 0 Å². The molecule has 0 saturated heterocycles. The van der Waals surface area contributed by atoms with E-state index in [0.29, 0.717) is 16.0 Å². The van der Waals surface area contributed by atoms with Crippen LogP contribution in [0, 0.1) is 9.49 Å². The first-order chi connectivity index (χ1) is 6.15. The van der Waals surface area contributed by atoms with Gasteiger partial charge in [-0.05, 0) is 34.3 Å². The molecule has 0 N–H and O–H groups in total. The van der Waals surface area contributed by atoms with Gasteiger partial charge in [-0.3, -0.25) is 9.36 Å². The Bertz CT molecular complexity index is 339. The molecule has 1 heterocycles. The Morgan fingerprint density at radius 2 is 2.46 bits per heavy atom. The van der Waals surface area contributed by atoms with E-state index in [-0.39, 0.29) is 5.56 Å². The standard InChI is InChI=1S/C8H11IN2OS/c1-6(4-13)3-11-5-10-2-7(9)8(11)12/h2,5-6,13H,3-4H2,1H3. The third kappa shape index (κ3) is 2.98. The maximum absolute atomic E-state index is 11.5. The van der Waals surface area contributed by atoms with Crippen LogP contribution in [-0.2, 0) is 6.54 Å². The molecule has 0 aliphatic heterocycles. The quantitative estimate of drug-likeness (QED) is 0.677. The van der Waals surface area contributed by atoms with E-state index in [0.717, 1.165) is 5.75 Å². The van der Waals surface area contributed by atoms with E-state index >= 15 is 0 Å². The van der Waals surface area contributed by atoms with E-state index < -0.39 is 0 Å². The van der Waals surface area contributed by atoms with E-state index in [1.54, 1.807) is 17.1 Å². The molecule has 0 radical (unpaired) electrons. The van der Waals surface area contributed by atoms with Gasteiger partial charge in [0.2, 0.25) is 0 Å². The fourth-order valence-electron chi connectivity index (χ4n) is 0.948. The van der Waals surface area contributed by atoms with E-state index in [1.807, 2.05) is 22.6 Å². The second-order valence-electron chi connectivity index (χ2n) is 2.99. The Balaban J connectivity index is 2.89. The van der Waals surface area contributed by atoms with Gasteiger partial charge in [0.05, 0.1) is 9.90 Å². The number of aromatic nitrogens is 2. The number of hydrogen-bond donors (Lipinski definition) is 1. The lowest BCUT2D eigenvalue weighted by molar-refractivity contribution is 0.511. The van der Waals surface area contributed by atoms with Crippen molar-refractivity contribution in [3.8, 4) is 0 Å². The summed E-state index contributed by atoms with van der Waals surface area (Å²) in [5.74, 6) is 1.17. The average Bonchev–Trinajstić information content (AvgIpc) is 2.13. The zero-order valence-corrected chi connectivity index (χ0v) is 10.3. The second kappa shape index (κ2) is 4.99. The van der Waals surface area contributed by atoms with Crippen LogP contribution in [0.15, 0.2) is 17.3 Å². The molecule has 0 saturated carbocycles. The van der Waals surface area contributed by atoms with Crippen molar-refractivity contribution >= 4 is 35.2 Å². The summed E-state index contributed by atoms with van der Waals surface area (Å²) in [6.07, 6.45) is 3.15. The maximum Gasteiger partial charge on any atom is 0.266 e. The van der Waals surface area contributed by atoms with Crippen LogP contribution in [0.3, 0.4) is 0 Å². The number of halogens is 1. The monoisotopic (exact) mass is 310 g/mol. The van der Waals surface area contributed by atoms with Crippen LogP contribution in [0.5, 0.6) is 0 Å². The highest BCUT2D eigenvalue weighted by Gasteiger charge is 2.04. The van der Waals surface area contributed by atoms with E-state index in [1.165, 1.54) is 0 Å². The Morgan fingerprint density at radius 3 is 3.08 bits per heavy atom. The first kappa shape index (κ1) is 11.0. The molecule has 0 aliphatic carbocycles. The van der Waals surface area contributed by atoms with Gasteiger partial charge in [0.1, 0.15) is 0 Å². The Kier molecular flexibility index (Phi) is 4.24. The van der Waals surface area contributed by atoms with Crippen LogP contribution in [0.4, 0.5) is 0 Å². The van der Waals surface area contributed by atoms with Crippen LogP contribution >= 0.6 is 35.2 Å². The van der Waals surface area contributed by atoms with Crippen molar-refractivity contribution < 1.29 is 0 Å². The van der Waals surface area contributed by atoms with Crippen LogP contribution < -0.4 is 5.56 Å². The molecule has 5 heteroatoms. The number of nitrogens with zero attached hydrogens (tertiary/aromatic N) is 2. The summed E-state index contributed by atoms with van der Waals surface area (Å²) in [5, 5.41) is 0. The van der Waals surface area contributed by atoms with Crippen molar-refractivity contribution in [3.05, 3.63) is 26.4 Å². The second-order valence-corrected chi connectivity index (χ2v) is 4.51. The predicted octanol–water partition coefficient (Wildman–Crippen LogP) is 1.41. The van der Waals surface area contributed by atoms with Crippen molar-refractivity contribution in [2.75, 3.05) is 5.75 Å². The third-order valence-corrected chi connectivity index (χ3v) is 3.04. The molecule has 3 nitrogen and oxygen atoms in total. The topological polar surface area (TPSA) is 34.9 Å². The summed E-state index contributed by atoms with van der Waals surface area (Å²) >= 11 is 6.16. The molecule has 0 fully saturated rings. The fraction of sp³-hybridized carbons (Fsp3) is 0.500. The Hall–Kier alpha value is -0.0400. The van der Waals surface area contributed by atoms with Crippen molar-refractivity contribution in [2.24, 2.45) is 5.92 Å². The Morgan fingerprint density at radius 1 is 1.77 bits per heavy atom. The smallest absolute Gasteiger partial charge is 0.266 e. The van der Waals surface area contributed by atoms with Crippen LogP contribution in [0.1, 0.15) is 6.92 Å². The van der Waals surface area contributed by atoms with E-state index in [9.17, 15) is 4.79 Å². The molecule has 13 heavy (non-hydrogen) atoms. The summed E-state index contributed by atoms with van der Waals surface area (Å²) < 4.78 is 2.29. The van der Waals surface area contributed by atoms with Gasteiger partial charge in [0, 0.05) is 12.7 Å². The molecule has 0 amide bonds. The molecule has 72 valence electrons. The largest absolute Gasteiger partial charge is 0.298 e. The summed E-state index contributed by atoms with van der Waals surface area (Å²) in [4.78, 5) is 15.5. The van der Waals surface area contributed by atoms with E-state index in [4.69, 9.17) is 0 Å². The molecule has 1 aromatic heterocycles.